The Kier molecular flexibility index (Phi) is 5.12. The molecular formula is C16H19NO3. The quantitative estimate of drug-likeness (QED) is 0.749. The summed E-state index contributed by atoms with van der Waals surface area (Å²) in [6.07, 6.45) is -0.719. The summed E-state index contributed by atoms with van der Waals surface area (Å²) in [7, 11) is 0. The Morgan fingerprint density at radius 3 is 2.50 bits per heavy atom. The van der Waals surface area contributed by atoms with Gasteiger partial charge in [-0.15, -0.1) is 0 Å². The number of benzene rings is 2. The van der Waals surface area contributed by atoms with Gasteiger partial charge in [0.05, 0.1) is 12.7 Å². The summed E-state index contributed by atoms with van der Waals surface area (Å²) in [6, 6.07) is 15.0. The molecule has 1 atom stereocenters. The van der Waals surface area contributed by atoms with Gasteiger partial charge in [0, 0.05) is 12.1 Å². The van der Waals surface area contributed by atoms with Crippen molar-refractivity contribution in [3.8, 4) is 5.75 Å². The summed E-state index contributed by atoms with van der Waals surface area (Å²) in [5.74, 6) is 0.615. The highest BCUT2D eigenvalue weighted by molar-refractivity contribution is 5.38. The lowest BCUT2D eigenvalue weighted by atomic mass is 10.1. The summed E-state index contributed by atoms with van der Waals surface area (Å²) in [4.78, 5) is 0. The zero-order valence-electron chi connectivity index (χ0n) is 11.2. The minimum absolute atomic E-state index is 0.144. The van der Waals surface area contributed by atoms with E-state index in [0.29, 0.717) is 23.5 Å². The first-order valence-electron chi connectivity index (χ1n) is 6.53. The summed E-state index contributed by atoms with van der Waals surface area (Å²) in [5, 5.41) is 19.1. The molecule has 2 aromatic carbocycles. The summed E-state index contributed by atoms with van der Waals surface area (Å²) in [5.41, 5.74) is 7.81. The molecule has 0 aliphatic rings. The second kappa shape index (κ2) is 7.05. The smallest absolute Gasteiger partial charge is 0.125 e. The van der Waals surface area contributed by atoms with Crippen LogP contribution in [-0.2, 0) is 13.2 Å². The topological polar surface area (TPSA) is 75.7 Å². The van der Waals surface area contributed by atoms with E-state index in [2.05, 4.69) is 0 Å². The van der Waals surface area contributed by atoms with E-state index < -0.39 is 6.10 Å². The van der Waals surface area contributed by atoms with Crippen molar-refractivity contribution in [3.05, 3.63) is 65.2 Å². The van der Waals surface area contributed by atoms with Gasteiger partial charge < -0.3 is 20.7 Å². The third kappa shape index (κ3) is 3.57. The molecule has 2 rings (SSSR count). The minimum atomic E-state index is -0.719. The monoisotopic (exact) mass is 273 g/mol. The van der Waals surface area contributed by atoms with Crippen LogP contribution in [0.2, 0.25) is 0 Å². The standard InChI is InChI=1S/C16H19NO3/c17-9-15(19)13-6-7-16(14(8-13)10-18)20-11-12-4-2-1-3-5-12/h1-8,15,18-19H,9-11,17H2/t15-/m1/s1. The predicted octanol–water partition coefficient (Wildman–Crippen LogP) is 1.75. The maximum Gasteiger partial charge on any atom is 0.125 e. The molecule has 0 aromatic heterocycles. The molecule has 0 fully saturated rings. The molecule has 0 aliphatic carbocycles. The van der Waals surface area contributed by atoms with Crippen LogP contribution in [0.5, 0.6) is 5.75 Å². The Balaban J connectivity index is 2.11. The first-order valence-corrected chi connectivity index (χ1v) is 6.53. The first-order chi connectivity index (χ1) is 9.74. The highest BCUT2D eigenvalue weighted by Crippen LogP contribution is 2.24. The normalized spacial score (nSPS) is 12.2. The molecule has 4 N–H and O–H groups in total. The van der Waals surface area contributed by atoms with Crippen LogP contribution in [0.25, 0.3) is 0 Å². The second-order valence-electron chi connectivity index (χ2n) is 4.55. The number of hydrogen-bond donors (Lipinski definition) is 3. The number of aliphatic hydroxyl groups excluding tert-OH is 2. The average Bonchev–Trinajstić information content (AvgIpc) is 2.53. The molecule has 0 unspecified atom stereocenters. The van der Waals surface area contributed by atoms with Gasteiger partial charge in [0.25, 0.3) is 0 Å². The summed E-state index contributed by atoms with van der Waals surface area (Å²) in [6.45, 7) is 0.441. The van der Waals surface area contributed by atoms with E-state index >= 15 is 0 Å². The van der Waals surface area contributed by atoms with E-state index in [-0.39, 0.29) is 13.2 Å². The minimum Gasteiger partial charge on any atom is -0.489 e. The molecule has 0 saturated heterocycles. The molecule has 20 heavy (non-hydrogen) atoms. The molecule has 4 nitrogen and oxygen atoms in total. The van der Waals surface area contributed by atoms with Gasteiger partial charge in [0.2, 0.25) is 0 Å². The SMILES string of the molecule is NC[C@@H](O)c1ccc(OCc2ccccc2)c(CO)c1. The fraction of sp³-hybridized carbons (Fsp3) is 0.250. The number of rotatable bonds is 6. The summed E-state index contributed by atoms with van der Waals surface area (Å²) >= 11 is 0. The van der Waals surface area contributed by atoms with Gasteiger partial charge in [-0.25, -0.2) is 0 Å². The third-order valence-electron chi connectivity index (χ3n) is 3.10. The van der Waals surface area contributed by atoms with Gasteiger partial charge in [0.1, 0.15) is 12.4 Å². The van der Waals surface area contributed by atoms with Crippen molar-refractivity contribution in [3.63, 3.8) is 0 Å². The molecule has 4 heteroatoms. The van der Waals surface area contributed by atoms with E-state index in [9.17, 15) is 10.2 Å². The van der Waals surface area contributed by atoms with Crippen molar-refractivity contribution in [2.45, 2.75) is 19.3 Å². The number of nitrogens with two attached hydrogens (primary N) is 1. The van der Waals surface area contributed by atoms with Crippen molar-refractivity contribution in [1.29, 1.82) is 0 Å². The number of hydrogen-bond acceptors (Lipinski definition) is 4. The van der Waals surface area contributed by atoms with Gasteiger partial charge in [0.15, 0.2) is 0 Å². The van der Waals surface area contributed by atoms with Crippen LogP contribution < -0.4 is 10.5 Å². The van der Waals surface area contributed by atoms with E-state index in [1.165, 1.54) is 0 Å². The van der Waals surface area contributed by atoms with Crippen LogP contribution in [-0.4, -0.2) is 16.8 Å². The largest absolute Gasteiger partial charge is 0.489 e. The molecule has 0 bridgehead atoms. The highest BCUT2D eigenvalue weighted by atomic mass is 16.5. The van der Waals surface area contributed by atoms with Gasteiger partial charge in [-0.05, 0) is 23.3 Å². The Bertz CT molecular complexity index is 543. The lowest BCUT2D eigenvalue weighted by Gasteiger charge is -2.14. The molecule has 2 aromatic rings. The number of aliphatic hydroxyl groups is 2. The zero-order valence-corrected chi connectivity index (χ0v) is 11.2. The third-order valence-corrected chi connectivity index (χ3v) is 3.10. The van der Waals surface area contributed by atoms with Crippen LogP contribution in [0, 0.1) is 0 Å². The fourth-order valence-corrected chi connectivity index (χ4v) is 1.94. The molecular weight excluding hydrogens is 254 g/mol. The van der Waals surface area contributed by atoms with Crippen LogP contribution in [0.4, 0.5) is 0 Å². The van der Waals surface area contributed by atoms with E-state index in [4.69, 9.17) is 10.5 Å². The van der Waals surface area contributed by atoms with E-state index in [1.54, 1.807) is 18.2 Å². The lowest BCUT2D eigenvalue weighted by molar-refractivity contribution is 0.186. The Morgan fingerprint density at radius 2 is 1.85 bits per heavy atom. The second-order valence-corrected chi connectivity index (χ2v) is 4.55. The zero-order chi connectivity index (χ0) is 14.4. The molecule has 0 aliphatic heterocycles. The van der Waals surface area contributed by atoms with Crippen molar-refractivity contribution < 1.29 is 14.9 Å². The maximum absolute atomic E-state index is 9.70. The van der Waals surface area contributed by atoms with E-state index in [0.717, 1.165) is 5.56 Å². The lowest BCUT2D eigenvalue weighted by Crippen LogP contribution is -2.12. The molecule has 0 radical (unpaired) electrons. The van der Waals surface area contributed by atoms with E-state index in [1.807, 2.05) is 30.3 Å². The fourth-order valence-electron chi connectivity index (χ4n) is 1.94. The van der Waals surface area contributed by atoms with Gasteiger partial charge in [-0.1, -0.05) is 36.4 Å². The number of ether oxygens (including phenoxy) is 1. The molecule has 0 amide bonds. The molecule has 0 saturated carbocycles. The highest BCUT2D eigenvalue weighted by Gasteiger charge is 2.10. The van der Waals surface area contributed by atoms with Crippen molar-refractivity contribution in [2.75, 3.05) is 6.54 Å². The van der Waals surface area contributed by atoms with Crippen LogP contribution in [0.15, 0.2) is 48.5 Å². The summed E-state index contributed by atoms with van der Waals surface area (Å²) < 4.78 is 5.71. The van der Waals surface area contributed by atoms with Crippen LogP contribution >= 0.6 is 0 Å². The van der Waals surface area contributed by atoms with Gasteiger partial charge in [-0.2, -0.15) is 0 Å². The molecule has 0 heterocycles. The van der Waals surface area contributed by atoms with Crippen molar-refractivity contribution in [2.24, 2.45) is 5.73 Å². The van der Waals surface area contributed by atoms with Crippen molar-refractivity contribution in [1.82, 2.24) is 0 Å². The first kappa shape index (κ1) is 14.5. The van der Waals surface area contributed by atoms with Crippen LogP contribution in [0.1, 0.15) is 22.8 Å². The van der Waals surface area contributed by atoms with Gasteiger partial charge in [-0.3, -0.25) is 0 Å². The van der Waals surface area contributed by atoms with Gasteiger partial charge >= 0.3 is 0 Å². The Hall–Kier alpha value is -1.88. The molecule has 0 spiro atoms. The average molecular weight is 273 g/mol. The van der Waals surface area contributed by atoms with Crippen LogP contribution in [0.3, 0.4) is 0 Å². The Labute approximate surface area is 118 Å². The van der Waals surface area contributed by atoms with Crippen molar-refractivity contribution >= 4 is 0 Å². The Morgan fingerprint density at radius 1 is 1.10 bits per heavy atom. The predicted molar refractivity (Wildman–Crippen MR) is 77.2 cm³/mol. The maximum atomic E-state index is 9.70. The molecule has 106 valence electrons.